The van der Waals surface area contributed by atoms with Crippen molar-refractivity contribution < 1.29 is 14.3 Å². The third-order valence-electron chi connectivity index (χ3n) is 5.60. The van der Waals surface area contributed by atoms with Gasteiger partial charge >= 0.3 is 5.97 Å². The van der Waals surface area contributed by atoms with E-state index in [0.29, 0.717) is 35.0 Å². The molecule has 0 bridgehead atoms. The highest BCUT2D eigenvalue weighted by Crippen LogP contribution is 2.51. The van der Waals surface area contributed by atoms with E-state index >= 15 is 0 Å². The van der Waals surface area contributed by atoms with Gasteiger partial charge in [-0.3, -0.25) is 9.48 Å². The summed E-state index contributed by atoms with van der Waals surface area (Å²) < 4.78 is 14.8. The van der Waals surface area contributed by atoms with Crippen molar-refractivity contribution in [1.82, 2.24) is 14.8 Å². The number of halogens is 1. The topological polar surface area (TPSA) is 106 Å². The van der Waals surface area contributed by atoms with Crippen molar-refractivity contribution >= 4 is 29.1 Å². The highest BCUT2D eigenvalue weighted by atomic mass is 32.2. The van der Waals surface area contributed by atoms with Crippen molar-refractivity contribution in [1.29, 1.82) is 0 Å². The number of aliphatic imine (C=N–C) groups is 1. The summed E-state index contributed by atoms with van der Waals surface area (Å²) in [5.74, 6) is -1.19. The average molecular weight is 428 g/mol. The van der Waals surface area contributed by atoms with Gasteiger partial charge in [0, 0.05) is 12.3 Å². The Morgan fingerprint density at radius 1 is 1.43 bits per heavy atom. The number of aromatic nitrogens is 3. The first-order valence-corrected chi connectivity index (χ1v) is 10.5. The maximum absolute atomic E-state index is 13.2. The smallest absolute Gasteiger partial charge is 0.314 e. The number of nitrogens with two attached hydrogens (primary N) is 1. The molecule has 4 rings (SSSR count). The van der Waals surface area contributed by atoms with Crippen LogP contribution in [-0.2, 0) is 11.8 Å². The van der Waals surface area contributed by atoms with E-state index in [0.717, 1.165) is 12.0 Å². The summed E-state index contributed by atoms with van der Waals surface area (Å²) in [7, 11) is 1.80. The van der Waals surface area contributed by atoms with Crippen LogP contribution < -0.4 is 5.73 Å². The summed E-state index contributed by atoms with van der Waals surface area (Å²) >= 11 is 1.52. The minimum absolute atomic E-state index is 0.0928. The van der Waals surface area contributed by atoms with Crippen molar-refractivity contribution in [3.05, 3.63) is 59.8 Å². The van der Waals surface area contributed by atoms with Crippen molar-refractivity contribution in [3.63, 3.8) is 0 Å². The first kappa shape index (κ1) is 20.3. The Kier molecular flexibility index (Phi) is 5.46. The normalized spacial score (nSPS) is 26.5. The highest BCUT2D eigenvalue weighted by Gasteiger charge is 2.49. The molecule has 3 N–H and O–H groups in total. The molecule has 1 aromatic carbocycles. The zero-order valence-corrected chi connectivity index (χ0v) is 17.3. The maximum Gasteiger partial charge on any atom is 0.314 e. The molecule has 1 fully saturated rings. The second kappa shape index (κ2) is 8.06. The van der Waals surface area contributed by atoms with E-state index in [4.69, 9.17) is 5.73 Å². The van der Waals surface area contributed by atoms with E-state index in [1.807, 2.05) is 6.08 Å². The number of carboxylic acid groups (broad SMARTS) is 1. The van der Waals surface area contributed by atoms with Gasteiger partial charge in [0.1, 0.15) is 12.1 Å². The number of aliphatic carboxylic acids is 1. The predicted molar refractivity (Wildman–Crippen MR) is 113 cm³/mol. The van der Waals surface area contributed by atoms with Gasteiger partial charge in [-0.25, -0.2) is 14.4 Å². The number of allylic oxidation sites excluding steroid dienone is 2. The lowest BCUT2D eigenvalue weighted by atomic mass is 9.63. The zero-order chi connectivity index (χ0) is 21.3. The number of rotatable bonds is 4. The summed E-state index contributed by atoms with van der Waals surface area (Å²) in [5.41, 5.74) is 7.60. The maximum atomic E-state index is 13.2. The number of fused-ring (bicyclic) bond motifs is 1. The van der Waals surface area contributed by atoms with E-state index in [2.05, 4.69) is 15.1 Å². The monoisotopic (exact) mass is 427 g/mol. The second-order valence-corrected chi connectivity index (χ2v) is 8.85. The zero-order valence-electron chi connectivity index (χ0n) is 16.5. The van der Waals surface area contributed by atoms with Crippen LogP contribution in [0, 0.1) is 11.2 Å². The molecular formula is C21H22FN5O2S. The van der Waals surface area contributed by atoms with Gasteiger partial charge in [0.05, 0.1) is 16.8 Å². The summed E-state index contributed by atoms with van der Waals surface area (Å²) in [6.07, 6.45) is 7.14. The molecule has 30 heavy (non-hydrogen) atoms. The van der Waals surface area contributed by atoms with Crippen molar-refractivity contribution in [2.45, 2.75) is 36.1 Å². The fourth-order valence-corrected chi connectivity index (χ4v) is 5.26. The van der Waals surface area contributed by atoms with E-state index in [-0.39, 0.29) is 17.5 Å². The van der Waals surface area contributed by atoms with E-state index in [1.165, 1.54) is 30.1 Å². The van der Waals surface area contributed by atoms with Crippen LogP contribution in [-0.4, -0.2) is 36.8 Å². The predicted octanol–water partition coefficient (Wildman–Crippen LogP) is 3.62. The van der Waals surface area contributed by atoms with Gasteiger partial charge in [-0.15, -0.1) is 5.10 Å². The minimum Gasteiger partial charge on any atom is -0.481 e. The Morgan fingerprint density at radius 2 is 2.20 bits per heavy atom. The summed E-state index contributed by atoms with van der Waals surface area (Å²) in [6, 6.07) is 5.86. The van der Waals surface area contributed by atoms with Crippen LogP contribution in [0.3, 0.4) is 0 Å². The molecule has 0 saturated heterocycles. The average Bonchev–Trinajstić information content (AvgIpc) is 3.13. The Hall–Kier alpha value is -2.94. The van der Waals surface area contributed by atoms with E-state index in [9.17, 15) is 14.3 Å². The fourth-order valence-electron chi connectivity index (χ4n) is 4.07. The summed E-state index contributed by atoms with van der Waals surface area (Å²) in [6.45, 7) is 0. The van der Waals surface area contributed by atoms with Crippen LogP contribution in [0.15, 0.2) is 64.2 Å². The Bertz CT molecular complexity index is 1060. The molecule has 2 aromatic rings. The molecule has 0 aliphatic heterocycles. The Balaban J connectivity index is 1.66. The van der Waals surface area contributed by atoms with Gasteiger partial charge in [-0.2, -0.15) is 0 Å². The molecule has 9 heteroatoms. The molecule has 0 amide bonds. The first-order valence-electron chi connectivity index (χ1n) is 9.62. The van der Waals surface area contributed by atoms with Crippen LogP contribution in [0.4, 0.5) is 10.1 Å². The van der Waals surface area contributed by atoms with Crippen LogP contribution in [0.25, 0.3) is 0 Å². The fraction of sp³-hybridized carbons (Fsp3) is 0.333. The first-order chi connectivity index (χ1) is 14.4. The number of nitrogens with zero attached hydrogens (tertiary/aromatic N) is 4. The summed E-state index contributed by atoms with van der Waals surface area (Å²) in [4.78, 5) is 21.3. The molecular weight excluding hydrogens is 405 g/mol. The number of hydrogen-bond acceptors (Lipinski definition) is 6. The van der Waals surface area contributed by atoms with Crippen molar-refractivity contribution in [3.8, 4) is 0 Å². The highest BCUT2D eigenvalue weighted by molar-refractivity contribution is 7.99. The molecule has 7 nitrogen and oxygen atoms in total. The van der Waals surface area contributed by atoms with E-state index in [1.54, 1.807) is 30.2 Å². The quantitative estimate of drug-likeness (QED) is 0.772. The molecule has 0 radical (unpaired) electrons. The molecule has 156 valence electrons. The van der Waals surface area contributed by atoms with Crippen molar-refractivity contribution in [2.24, 2.45) is 23.2 Å². The van der Waals surface area contributed by atoms with Crippen molar-refractivity contribution in [2.75, 3.05) is 0 Å². The lowest BCUT2D eigenvalue weighted by Gasteiger charge is -2.42. The molecule has 2 aliphatic rings. The van der Waals surface area contributed by atoms with Crippen LogP contribution in [0.1, 0.15) is 25.7 Å². The van der Waals surface area contributed by atoms with Gasteiger partial charge in [-0.1, -0.05) is 17.3 Å². The van der Waals surface area contributed by atoms with Crippen LogP contribution >= 0.6 is 11.8 Å². The van der Waals surface area contributed by atoms with Gasteiger partial charge < -0.3 is 10.8 Å². The van der Waals surface area contributed by atoms with Gasteiger partial charge in [0.25, 0.3) is 0 Å². The second-order valence-electron chi connectivity index (χ2n) is 7.58. The molecule has 0 unspecified atom stereocenters. The third kappa shape index (κ3) is 3.89. The molecule has 1 aromatic heterocycles. The van der Waals surface area contributed by atoms with Crippen LogP contribution in [0.2, 0.25) is 0 Å². The van der Waals surface area contributed by atoms with E-state index < -0.39 is 11.4 Å². The Labute approximate surface area is 177 Å². The minimum atomic E-state index is -1.02. The third-order valence-corrected chi connectivity index (χ3v) is 6.73. The van der Waals surface area contributed by atoms with Crippen LogP contribution in [0.5, 0.6) is 0 Å². The number of aryl methyl sites for hydroxylation is 1. The lowest BCUT2D eigenvalue weighted by Crippen LogP contribution is -2.43. The Morgan fingerprint density at radius 3 is 2.83 bits per heavy atom. The summed E-state index contributed by atoms with van der Waals surface area (Å²) in [5, 5.41) is 15.2. The van der Waals surface area contributed by atoms with Gasteiger partial charge in [0.15, 0.2) is 0 Å². The SMILES string of the molecule is Cn1cnc(S[C@H]2CCC3=CC(=Nc4ccc(F)cc4)C(=CN)C[C@]3(C(=O)O)C2)n1. The molecule has 2 atom stereocenters. The standard InChI is InChI=1S/C21H22FN5O2S/c1-27-12-24-20(26-27)30-17-7-2-14-8-18(25-16-5-3-15(22)4-6-16)13(11-23)9-21(14,10-17)19(28)29/h3-6,8,11-12,17H,2,7,9-10,23H2,1H3,(H,28,29)/t17-,21-/m0/s1. The number of benzene rings is 1. The van der Waals surface area contributed by atoms with Gasteiger partial charge in [-0.05, 0) is 67.8 Å². The molecule has 1 saturated carbocycles. The number of carbonyl (C=O) groups is 1. The largest absolute Gasteiger partial charge is 0.481 e. The van der Waals surface area contributed by atoms with Gasteiger partial charge in [0.2, 0.25) is 5.16 Å². The molecule has 2 aliphatic carbocycles. The lowest BCUT2D eigenvalue weighted by molar-refractivity contribution is -0.147. The molecule has 0 spiro atoms. The number of thioether (sulfide) groups is 1. The number of hydrogen-bond donors (Lipinski definition) is 2. The number of carboxylic acids is 1. The molecule has 1 heterocycles.